The Morgan fingerprint density at radius 3 is 2.55 bits per heavy atom. The van der Waals surface area contributed by atoms with Gasteiger partial charge in [0.15, 0.2) is 0 Å². The number of amides is 1. The van der Waals surface area contributed by atoms with Gasteiger partial charge in [0.2, 0.25) is 5.91 Å². The molecule has 5 heteroatoms. The van der Waals surface area contributed by atoms with E-state index in [1.807, 2.05) is 19.2 Å². The molecule has 0 bridgehead atoms. The molecule has 106 valence electrons. The second-order valence-corrected chi connectivity index (χ2v) is 5.79. The number of piperidine rings is 1. The molecule has 1 saturated heterocycles. The van der Waals surface area contributed by atoms with E-state index in [2.05, 4.69) is 16.3 Å². The minimum absolute atomic E-state index is 0.113. The summed E-state index contributed by atoms with van der Waals surface area (Å²) in [6, 6.07) is 9.47. The molecule has 0 unspecified atom stereocenters. The highest BCUT2D eigenvalue weighted by Crippen LogP contribution is 2.21. The van der Waals surface area contributed by atoms with Gasteiger partial charge in [0.05, 0.1) is 12.5 Å². The van der Waals surface area contributed by atoms with Gasteiger partial charge in [-0.05, 0) is 37.6 Å². The normalized spacial score (nSPS) is 18.2. The van der Waals surface area contributed by atoms with Crippen LogP contribution in [0.2, 0.25) is 5.02 Å². The lowest BCUT2D eigenvalue weighted by atomic mass is 9.89. The summed E-state index contributed by atoms with van der Waals surface area (Å²) < 4.78 is 0. The van der Waals surface area contributed by atoms with Crippen LogP contribution in [0.4, 0.5) is 0 Å². The zero-order valence-corrected chi connectivity index (χ0v) is 12.3. The third-order valence-corrected chi connectivity index (χ3v) is 3.96. The number of nitriles is 1. The molecule has 1 aliphatic heterocycles. The molecule has 1 fully saturated rings. The van der Waals surface area contributed by atoms with Gasteiger partial charge < -0.3 is 10.2 Å². The fraction of sp³-hybridized carbons (Fsp3) is 0.467. The van der Waals surface area contributed by atoms with Gasteiger partial charge >= 0.3 is 0 Å². The number of rotatable bonds is 3. The molecular formula is C15H18ClN3O. The van der Waals surface area contributed by atoms with E-state index in [-0.39, 0.29) is 12.3 Å². The van der Waals surface area contributed by atoms with E-state index in [1.54, 1.807) is 12.1 Å². The lowest BCUT2D eigenvalue weighted by Crippen LogP contribution is -2.54. The number of carbonyl (C=O) groups is 1. The molecule has 0 aliphatic carbocycles. The molecule has 0 radical (unpaired) electrons. The van der Waals surface area contributed by atoms with Gasteiger partial charge in [-0.25, -0.2) is 0 Å². The molecular weight excluding hydrogens is 274 g/mol. The van der Waals surface area contributed by atoms with Gasteiger partial charge in [0.1, 0.15) is 5.54 Å². The lowest BCUT2D eigenvalue weighted by molar-refractivity contribution is -0.122. The fourth-order valence-electron chi connectivity index (χ4n) is 2.36. The molecule has 0 saturated carbocycles. The number of benzene rings is 1. The second-order valence-electron chi connectivity index (χ2n) is 5.35. The highest BCUT2D eigenvalue weighted by molar-refractivity contribution is 6.30. The highest BCUT2D eigenvalue weighted by atomic mass is 35.5. The fourth-order valence-corrected chi connectivity index (χ4v) is 2.49. The first-order valence-corrected chi connectivity index (χ1v) is 7.06. The van der Waals surface area contributed by atoms with Crippen LogP contribution >= 0.6 is 11.6 Å². The summed E-state index contributed by atoms with van der Waals surface area (Å²) in [5.41, 5.74) is 0.184. The quantitative estimate of drug-likeness (QED) is 0.926. The molecule has 1 amide bonds. The molecule has 1 aromatic carbocycles. The van der Waals surface area contributed by atoms with Crippen molar-refractivity contribution in [3.8, 4) is 6.07 Å². The van der Waals surface area contributed by atoms with Gasteiger partial charge in [0.25, 0.3) is 0 Å². The SMILES string of the molecule is CN1CCC(C#N)(NC(=O)Cc2ccc(Cl)cc2)CC1. The Bertz CT molecular complexity index is 513. The Labute approximate surface area is 124 Å². The van der Waals surface area contributed by atoms with Crippen molar-refractivity contribution in [2.24, 2.45) is 0 Å². The van der Waals surface area contributed by atoms with Crippen LogP contribution in [0.15, 0.2) is 24.3 Å². The van der Waals surface area contributed by atoms with Crippen LogP contribution in [0, 0.1) is 11.3 Å². The van der Waals surface area contributed by atoms with Gasteiger partial charge in [-0.1, -0.05) is 23.7 Å². The number of likely N-dealkylation sites (tertiary alicyclic amines) is 1. The predicted molar refractivity (Wildman–Crippen MR) is 78.4 cm³/mol. The molecule has 20 heavy (non-hydrogen) atoms. The first kappa shape index (κ1) is 14.8. The van der Waals surface area contributed by atoms with Gasteiger partial charge in [-0.2, -0.15) is 5.26 Å². The molecule has 0 atom stereocenters. The van der Waals surface area contributed by atoms with E-state index >= 15 is 0 Å². The van der Waals surface area contributed by atoms with Crippen molar-refractivity contribution >= 4 is 17.5 Å². The summed E-state index contributed by atoms with van der Waals surface area (Å²) in [4.78, 5) is 14.3. The first-order valence-electron chi connectivity index (χ1n) is 6.68. The number of halogens is 1. The number of nitrogens with one attached hydrogen (secondary N) is 1. The summed E-state index contributed by atoms with van der Waals surface area (Å²) in [5, 5.41) is 12.9. The van der Waals surface area contributed by atoms with Crippen LogP contribution in [0.1, 0.15) is 18.4 Å². The van der Waals surface area contributed by atoms with Crippen LogP contribution < -0.4 is 5.32 Å². The molecule has 2 rings (SSSR count). The standard InChI is InChI=1S/C15H18ClN3O/c1-19-8-6-15(11-17,7-9-19)18-14(20)10-12-2-4-13(16)5-3-12/h2-5H,6-10H2,1H3,(H,18,20). The Kier molecular flexibility index (Phi) is 4.64. The molecule has 1 aliphatic rings. The third-order valence-electron chi connectivity index (χ3n) is 3.71. The Hall–Kier alpha value is -1.57. The number of nitrogens with zero attached hydrogens (tertiary/aromatic N) is 2. The topological polar surface area (TPSA) is 56.1 Å². The Balaban J connectivity index is 1.96. The Morgan fingerprint density at radius 1 is 1.40 bits per heavy atom. The second kappa shape index (κ2) is 6.25. The minimum atomic E-state index is -0.712. The van der Waals surface area contributed by atoms with Crippen LogP contribution in [0.5, 0.6) is 0 Å². The summed E-state index contributed by atoms with van der Waals surface area (Å²) in [5.74, 6) is -0.113. The van der Waals surface area contributed by atoms with Crippen molar-refractivity contribution in [3.63, 3.8) is 0 Å². The first-order chi connectivity index (χ1) is 9.53. The van der Waals surface area contributed by atoms with Crippen molar-refractivity contribution in [2.45, 2.75) is 24.8 Å². The van der Waals surface area contributed by atoms with Crippen molar-refractivity contribution in [1.29, 1.82) is 5.26 Å². The van der Waals surface area contributed by atoms with Crippen LogP contribution in [0.3, 0.4) is 0 Å². The number of carbonyl (C=O) groups excluding carboxylic acids is 1. The average molecular weight is 292 g/mol. The maximum Gasteiger partial charge on any atom is 0.225 e. The molecule has 1 N–H and O–H groups in total. The van der Waals surface area contributed by atoms with Gasteiger partial charge in [-0.3, -0.25) is 4.79 Å². The van der Waals surface area contributed by atoms with Crippen molar-refractivity contribution < 1.29 is 4.79 Å². The monoisotopic (exact) mass is 291 g/mol. The van der Waals surface area contributed by atoms with Crippen LogP contribution in [-0.2, 0) is 11.2 Å². The van der Waals surface area contributed by atoms with E-state index in [1.165, 1.54) is 0 Å². The minimum Gasteiger partial charge on any atom is -0.337 e. The maximum atomic E-state index is 12.1. The Morgan fingerprint density at radius 2 is 2.00 bits per heavy atom. The van der Waals surface area contributed by atoms with Crippen molar-refractivity contribution in [1.82, 2.24) is 10.2 Å². The third kappa shape index (κ3) is 3.72. The zero-order valence-electron chi connectivity index (χ0n) is 11.5. The van der Waals surface area contributed by atoms with Gasteiger partial charge in [-0.15, -0.1) is 0 Å². The molecule has 0 spiro atoms. The van der Waals surface area contributed by atoms with E-state index < -0.39 is 5.54 Å². The summed E-state index contributed by atoms with van der Waals surface area (Å²) >= 11 is 5.81. The molecule has 4 nitrogen and oxygen atoms in total. The van der Waals surface area contributed by atoms with E-state index in [4.69, 9.17) is 11.6 Å². The maximum absolute atomic E-state index is 12.1. The van der Waals surface area contributed by atoms with Crippen molar-refractivity contribution in [3.05, 3.63) is 34.9 Å². The summed E-state index contributed by atoms with van der Waals surface area (Å²) in [6.07, 6.45) is 1.62. The van der Waals surface area contributed by atoms with E-state index in [0.717, 1.165) is 18.7 Å². The smallest absolute Gasteiger partial charge is 0.225 e. The van der Waals surface area contributed by atoms with Gasteiger partial charge in [0, 0.05) is 18.1 Å². The van der Waals surface area contributed by atoms with Crippen LogP contribution in [0.25, 0.3) is 0 Å². The number of hydrogen-bond acceptors (Lipinski definition) is 3. The lowest BCUT2D eigenvalue weighted by Gasteiger charge is -2.36. The molecule has 1 aromatic rings. The summed E-state index contributed by atoms with van der Waals surface area (Å²) in [7, 11) is 2.02. The predicted octanol–water partition coefficient (Wildman–Crippen LogP) is 1.99. The molecule has 0 aromatic heterocycles. The van der Waals surface area contributed by atoms with E-state index in [9.17, 15) is 10.1 Å². The average Bonchev–Trinajstić information content (AvgIpc) is 2.44. The van der Waals surface area contributed by atoms with Crippen LogP contribution in [-0.4, -0.2) is 36.5 Å². The highest BCUT2D eigenvalue weighted by Gasteiger charge is 2.35. The zero-order chi connectivity index (χ0) is 14.6. The van der Waals surface area contributed by atoms with Crippen molar-refractivity contribution in [2.75, 3.05) is 20.1 Å². The molecule has 1 heterocycles. The van der Waals surface area contributed by atoms with E-state index in [0.29, 0.717) is 17.9 Å². The number of hydrogen-bond donors (Lipinski definition) is 1. The largest absolute Gasteiger partial charge is 0.337 e. The summed E-state index contributed by atoms with van der Waals surface area (Å²) in [6.45, 7) is 1.66.